The number of carbonyl (C=O) groups is 2. The zero-order valence-corrected chi connectivity index (χ0v) is 16.6. The van der Waals surface area contributed by atoms with Crippen molar-refractivity contribution in [2.24, 2.45) is 11.1 Å². The highest BCUT2D eigenvalue weighted by Gasteiger charge is 2.29. The van der Waals surface area contributed by atoms with Crippen molar-refractivity contribution in [1.29, 1.82) is 0 Å². The summed E-state index contributed by atoms with van der Waals surface area (Å²) in [5, 5.41) is 8.04. The van der Waals surface area contributed by atoms with Crippen molar-refractivity contribution >= 4 is 37.8 Å². The Bertz CT molecular complexity index is 787. The molecule has 1 aliphatic heterocycles. The highest BCUT2D eigenvalue weighted by molar-refractivity contribution is 9.10. The van der Waals surface area contributed by atoms with Crippen LogP contribution < -0.4 is 10.5 Å². The quantitative estimate of drug-likeness (QED) is 0.750. The van der Waals surface area contributed by atoms with Crippen LogP contribution in [0.5, 0.6) is 0 Å². The summed E-state index contributed by atoms with van der Waals surface area (Å²) in [6.07, 6.45) is 1.18. The minimum atomic E-state index is -3.92. The van der Waals surface area contributed by atoms with Crippen LogP contribution in [-0.2, 0) is 14.8 Å². The van der Waals surface area contributed by atoms with Gasteiger partial charge in [-0.05, 0) is 44.4 Å². The van der Waals surface area contributed by atoms with Gasteiger partial charge in [0.15, 0.2) is 0 Å². The number of benzene rings is 1. The number of nitrogens with two attached hydrogens (primary N) is 1. The Morgan fingerprint density at radius 2 is 1.92 bits per heavy atom. The Morgan fingerprint density at radius 1 is 1.32 bits per heavy atom. The molecule has 9 heteroatoms. The molecule has 1 aromatic rings. The Labute approximate surface area is 156 Å². The summed E-state index contributed by atoms with van der Waals surface area (Å²) in [5.41, 5.74) is 0.636. The third-order valence-electron chi connectivity index (χ3n) is 4.37. The largest absolute Gasteiger partial charge is 0.356 e. The molecule has 1 saturated heterocycles. The predicted octanol–water partition coefficient (Wildman–Crippen LogP) is 1.39. The zero-order valence-electron chi connectivity index (χ0n) is 14.2. The van der Waals surface area contributed by atoms with Crippen LogP contribution in [0.25, 0.3) is 0 Å². The van der Waals surface area contributed by atoms with E-state index < -0.39 is 10.0 Å². The second-order valence-electron chi connectivity index (χ2n) is 6.08. The van der Waals surface area contributed by atoms with Gasteiger partial charge in [-0.25, -0.2) is 13.6 Å². The fourth-order valence-electron chi connectivity index (χ4n) is 3.01. The van der Waals surface area contributed by atoms with Crippen molar-refractivity contribution in [2.75, 3.05) is 19.6 Å². The minimum Gasteiger partial charge on any atom is -0.356 e. The van der Waals surface area contributed by atoms with E-state index in [0.717, 1.165) is 0 Å². The van der Waals surface area contributed by atoms with Crippen LogP contribution >= 0.6 is 15.9 Å². The van der Waals surface area contributed by atoms with E-state index in [1.54, 1.807) is 17.9 Å². The lowest BCUT2D eigenvalue weighted by molar-refractivity contribution is -0.126. The lowest BCUT2D eigenvalue weighted by atomic mass is 9.95. The SMILES string of the molecule is CCNC(=O)C1CCN(C(=O)c2cc(Br)cc(S(N)(=O)=O)c2C)CC1. The first kappa shape index (κ1) is 19.9. The molecule has 2 rings (SSSR count). The molecule has 1 heterocycles. The van der Waals surface area contributed by atoms with E-state index in [1.165, 1.54) is 6.07 Å². The van der Waals surface area contributed by atoms with Gasteiger partial charge in [0.1, 0.15) is 0 Å². The molecule has 0 aromatic heterocycles. The molecule has 1 aliphatic rings. The standard InChI is InChI=1S/C16H22BrN3O4S/c1-3-19-15(21)11-4-6-20(7-5-11)16(22)13-8-12(17)9-14(10(13)2)25(18,23)24/h8-9,11H,3-7H2,1-2H3,(H,19,21)(H2,18,23,24). The normalized spacial score (nSPS) is 15.9. The summed E-state index contributed by atoms with van der Waals surface area (Å²) in [5.74, 6) is -0.324. The first-order valence-electron chi connectivity index (χ1n) is 8.05. The number of nitrogens with zero attached hydrogens (tertiary/aromatic N) is 1. The van der Waals surface area contributed by atoms with E-state index in [9.17, 15) is 18.0 Å². The topological polar surface area (TPSA) is 110 Å². The molecule has 0 radical (unpaired) electrons. The van der Waals surface area contributed by atoms with Gasteiger partial charge in [0.25, 0.3) is 5.91 Å². The van der Waals surface area contributed by atoms with Crippen LogP contribution in [0.15, 0.2) is 21.5 Å². The van der Waals surface area contributed by atoms with Crippen molar-refractivity contribution in [3.8, 4) is 0 Å². The summed E-state index contributed by atoms with van der Waals surface area (Å²) in [6.45, 7) is 4.94. The lowest BCUT2D eigenvalue weighted by Crippen LogP contribution is -2.43. The van der Waals surface area contributed by atoms with Gasteiger partial charge in [0.2, 0.25) is 15.9 Å². The molecule has 25 heavy (non-hydrogen) atoms. The van der Waals surface area contributed by atoms with E-state index in [-0.39, 0.29) is 22.6 Å². The molecule has 0 unspecified atom stereocenters. The minimum absolute atomic E-state index is 0.0183. The number of likely N-dealkylation sites (tertiary alicyclic amines) is 1. The molecule has 7 nitrogen and oxygen atoms in total. The number of nitrogens with one attached hydrogen (secondary N) is 1. The number of halogens is 1. The molecule has 0 bridgehead atoms. The summed E-state index contributed by atoms with van der Waals surface area (Å²) in [6, 6.07) is 2.99. The van der Waals surface area contributed by atoms with Crippen LogP contribution in [0.4, 0.5) is 0 Å². The maximum Gasteiger partial charge on any atom is 0.254 e. The van der Waals surface area contributed by atoms with E-state index >= 15 is 0 Å². The van der Waals surface area contributed by atoms with Crippen LogP contribution in [0.3, 0.4) is 0 Å². The number of piperidine rings is 1. The fraction of sp³-hybridized carbons (Fsp3) is 0.500. The molecule has 0 aliphatic carbocycles. The third-order valence-corrected chi connectivity index (χ3v) is 5.86. The molecule has 0 saturated carbocycles. The second kappa shape index (κ2) is 7.84. The molecular weight excluding hydrogens is 410 g/mol. The van der Waals surface area contributed by atoms with Gasteiger partial charge in [0.05, 0.1) is 4.90 Å². The van der Waals surface area contributed by atoms with Crippen LogP contribution in [0.2, 0.25) is 0 Å². The molecule has 1 fully saturated rings. The van der Waals surface area contributed by atoms with Gasteiger partial charge in [-0.2, -0.15) is 0 Å². The lowest BCUT2D eigenvalue weighted by Gasteiger charge is -2.32. The molecule has 2 amide bonds. The average molecular weight is 432 g/mol. The number of sulfonamides is 1. The number of primary sulfonamides is 1. The fourth-order valence-corrected chi connectivity index (χ4v) is 4.44. The Kier molecular flexibility index (Phi) is 6.23. The summed E-state index contributed by atoms with van der Waals surface area (Å²) >= 11 is 3.23. The highest BCUT2D eigenvalue weighted by atomic mass is 79.9. The summed E-state index contributed by atoms with van der Waals surface area (Å²) in [7, 11) is -3.92. The van der Waals surface area contributed by atoms with Gasteiger partial charge in [-0.1, -0.05) is 15.9 Å². The van der Waals surface area contributed by atoms with Gasteiger partial charge >= 0.3 is 0 Å². The molecule has 0 spiro atoms. The summed E-state index contributed by atoms with van der Waals surface area (Å²) in [4.78, 5) is 26.3. The van der Waals surface area contributed by atoms with E-state index in [4.69, 9.17) is 5.14 Å². The first-order valence-corrected chi connectivity index (χ1v) is 10.4. The van der Waals surface area contributed by atoms with E-state index in [2.05, 4.69) is 21.2 Å². The highest BCUT2D eigenvalue weighted by Crippen LogP contribution is 2.27. The molecule has 1 aromatic carbocycles. The van der Waals surface area contributed by atoms with Gasteiger partial charge in [-0.3, -0.25) is 9.59 Å². The van der Waals surface area contributed by atoms with E-state index in [1.807, 2.05) is 6.92 Å². The Hall–Kier alpha value is -1.45. The molecule has 138 valence electrons. The maximum atomic E-state index is 12.8. The van der Waals surface area contributed by atoms with Crippen molar-refractivity contribution in [1.82, 2.24) is 10.2 Å². The monoisotopic (exact) mass is 431 g/mol. The van der Waals surface area contributed by atoms with Crippen LogP contribution in [0, 0.1) is 12.8 Å². The maximum absolute atomic E-state index is 12.8. The number of carbonyl (C=O) groups excluding carboxylic acids is 2. The number of hydrogen-bond donors (Lipinski definition) is 2. The Morgan fingerprint density at radius 3 is 2.44 bits per heavy atom. The van der Waals surface area contributed by atoms with Gasteiger partial charge in [-0.15, -0.1) is 0 Å². The number of amides is 2. The molecule has 3 N–H and O–H groups in total. The summed E-state index contributed by atoms with van der Waals surface area (Å²) < 4.78 is 23.9. The van der Waals surface area contributed by atoms with Crippen molar-refractivity contribution in [3.05, 3.63) is 27.7 Å². The Balaban J connectivity index is 2.20. The van der Waals surface area contributed by atoms with Gasteiger partial charge in [0, 0.05) is 35.6 Å². The van der Waals surface area contributed by atoms with Crippen molar-refractivity contribution in [3.63, 3.8) is 0 Å². The zero-order chi connectivity index (χ0) is 18.8. The van der Waals surface area contributed by atoms with Crippen molar-refractivity contribution in [2.45, 2.75) is 31.6 Å². The predicted molar refractivity (Wildman–Crippen MR) is 97.6 cm³/mol. The molecular formula is C16H22BrN3O4S. The second-order valence-corrected chi connectivity index (χ2v) is 8.53. The smallest absolute Gasteiger partial charge is 0.254 e. The van der Waals surface area contributed by atoms with Gasteiger partial charge < -0.3 is 10.2 Å². The average Bonchev–Trinajstić information content (AvgIpc) is 2.55. The third kappa shape index (κ3) is 4.59. The van der Waals surface area contributed by atoms with Crippen LogP contribution in [0.1, 0.15) is 35.7 Å². The van der Waals surface area contributed by atoms with Crippen molar-refractivity contribution < 1.29 is 18.0 Å². The number of rotatable bonds is 4. The molecule has 0 atom stereocenters. The van der Waals surface area contributed by atoms with E-state index in [0.29, 0.717) is 48.1 Å². The van der Waals surface area contributed by atoms with Crippen LogP contribution in [-0.4, -0.2) is 44.8 Å². The first-order chi connectivity index (χ1) is 11.6. The number of hydrogen-bond acceptors (Lipinski definition) is 4.